The summed E-state index contributed by atoms with van der Waals surface area (Å²) in [6.45, 7) is 1.91. The van der Waals surface area contributed by atoms with E-state index in [4.69, 9.17) is 10.2 Å². The molecule has 7 nitrogen and oxygen atoms in total. The second-order valence-electron chi connectivity index (χ2n) is 4.52. The summed E-state index contributed by atoms with van der Waals surface area (Å²) in [5, 5.41) is 5.52. The molecule has 0 saturated carbocycles. The molecule has 8 heteroatoms. The molecular weight excluding hydrogens is 288 g/mol. The summed E-state index contributed by atoms with van der Waals surface area (Å²) in [4.78, 5) is 12.8. The molecule has 0 unspecified atom stereocenters. The number of rotatable bonds is 2. The Labute approximate surface area is 123 Å². The van der Waals surface area contributed by atoms with Gasteiger partial charge in [0.1, 0.15) is 16.9 Å². The molecule has 0 bridgehead atoms. The Hall–Kier alpha value is -2.61. The summed E-state index contributed by atoms with van der Waals surface area (Å²) in [5.41, 5.74) is 8.68. The highest BCUT2D eigenvalue weighted by atomic mass is 32.2. The van der Waals surface area contributed by atoms with Gasteiger partial charge in [0.05, 0.1) is 0 Å². The van der Waals surface area contributed by atoms with Crippen LogP contribution in [-0.2, 0) is 0 Å². The van der Waals surface area contributed by atoms with Crippen LogP contribution < -0.4 is 5.73 Å². The molecule has 21 heavy (non-hydrogen) atoms. The first kappa shape index (κ1) is 12.2. The molecule has 0 amide bonds. The van der Waals surface area contributed by atoms with Gasteiger partial charge in [-0.05, 0) is 36.9 Å². The predicted octanol–water partition coefficient (Wildman–Crippen LogP) is 2.31. The third-order valence-electron chi connectivity index (χ3n) is 2.93. The minimum absolute atomic E-state index is 0.526. The van der Waals surface area contributed by atoms with Crippen LogP contribution in [0.3, 0.4) is 0 Å². The normalized spacial score (nSPS) is 11.5. The van der Waals surface area contributed by atoms with Crippen LogP contribution in [0.5, 0.6) is 0 Å². The highest BCUT2D eigenvalue weighted by molar-refractivity contribution is 7.99. The van der Waals surface area contributed by atoms with Gasteiger partial charge < -0.3 is 10.2 Å². The van der Waals surface area contributed by atoms with Gasteiger partial charge in [-0.15, -0.1) is 0 Å². The zero-order valence-electron chi connectivity index (χ0n) is 11.0. The number of nitrogens with zero attached hydrogens (tertiary/aromatic N) is 5. The molecule has 104 valence electrons. The van der Waals surface area contributed by atoms with Crippen molar-refractivity contribution in [3.8, 4) is 0 Å². The number of hydrogen-bond donors (Lipinski definition) is 1. The molecule has 0 atom stereocenters. The Balaban J connectivity index is 1.80. The number of aryl methyl sites for hydroxylation is 1. The zero-order valence-corrected chi connectivity index (χ0v) is 11.8. The highest BCUT2D eigenvalue weighted by Crippen LogP contribution is 2.30. The van der Waals surface area contributed by atoms with E-state index in [1.165, 1.54) is 18.1 Å². The molecule has 4 aromatic rings. The summed E-state index contributed by atoms with van der Waals surface area (Å²) in [7, 11) is 0. The van der Waals surface area contributed by atoms with Gasteiger partial charge in [-0.2, -0.15) is 14.6 Å². The van der Waals surface area contributed by atoms with Crippen LogP contribution in [0.15, 0.2) is 45.3 Å². The first-order valence-corrected chi connectivity index (χ1v) is 7.02. The lowest BCUT2D eigenvalue weighted by molar-refractivity contribution is 0.489. The summed E-state index contributed by atoms with van der Waals surface area (Å²) in [6.07, 6.45) is 1.47. The molecule has 0 fully saturated rings. The highest BCUT2D eigenvalue weighted by Gasteiger charge is 2.12. The van der Waals surface area contributed by atoms with Crippen LogP contribution >= 0.6 is 11.8 Å². The number of hydrogen-bond acceptors (Lipinski definition) is 7. The zero-order chi connectivity index (χ0) is 14.4. The molecule has 0 saturated heterocycles. The molecule has 2 N–H and O–H groups in total. The van der Waals surface area contributed by atoms with Crippen LogP contribution in [0, 0.1) is 6.92 Å². The molecule has 3 aromatic heterocycles. The van der Waals surface area contributed by atoms with Crippen LogP contribution in [0.25, 0.3) is 16.9 Å². The Kier molecular flexibility index (Phi) is 2.58. The quantitative estimate of drug-likeness (QED) is 0.448. The van der Waals surface area contributed by atoms with E-state index in [0.29, 0.717) is 22.3 Å². The molecule has 3 heterocycles. The van der Waals surface area contributed by atoms with E-state index in [1.54, 1.807) is 16.6 Å². The minimum Gasteiger partial charge on any atom is -0.431 e. The Morgan fingerprint density at radius 3 is 3.05 bits per heavy atom. The van der Waals surface area contributed by atoms with E-state index >= 15 is 0 Å². The van der Waals surface area contributed by atoms with Crippen molar-refractivity contribution in [2.45, 2.75) is 17.2 Å². The van der Waals surface area contributed by atoms with Crippen LogP contribution in [-0.4, -0.2) is 24.6 Å². The van der Waals surface area contributed by atoms with Gasteiger partial charge in [-0.1, -0.05) is 0 Å². The molecule has 0 aliphatic heterocycles. The van der Waals surface area contributed by atoms with E-state index in [9.17, 15) is 0 Å². The number of benzene rings is 1. The first-order valence-electron chi connectivity index (χ1n) is 6.20. The predicted molar refractivity (Wildman–Crippen MR) is 78.1 cm³/mol. The topological polar surface area (TPSA) is 95.1 Å². The minimum atomic E-state index is 0.526. The number of fused-ring (bicyclic) bond motifs is 2. The average molecular weight is 298 g/mol. The van der Waals surface area contributed by atoms with Crippen molar-refractivity contribution in [1.82, 2.24) is 24.6 Å². The van der Waals surface area contributed by atoms with E-state index in [1.807, 2.05) is 19.1 Å². The number of nitrogens with two attached hydrogens (primary N) is 1. The Morgan fingerprint density at radius 1 is 1.24 bits per heavy atom. The standard InChI is InChI=1S/C13H10N6OS/c1-7-4-11(19-12(17-7)15-6-16-19)21-13-18-9-3-2-8(14)5-10(9)20-13/h2-6H,14H2,1H3. The van der Waals surface area contributed by atoms with Gasteiger partial charge in [0.2, 0.25) is 0 Å². The van der Waals surface area contributed by atoms with Crippen molar-refractivity contribution in [2.24, 2.45) is 0 Å². The lowest BCUT2D eigenvalue weighted by Crippen LogP contribution is -1.97. The molecule has 4 rings (SSSR count). The van der Waals surface area contributed by atoms with E-state index in [0.717, 1.165) is 16.2 Å². The van der Waals surface area contributed by atoms with Gasteiger partial charge in [-0.3, -0.25) is 0 Å². The largest absolute Gasteiger partial charge is 0.431 e. The van der Waals surface area contributed by atoms with Crippen LogP contribution in [0.4, 0.5) is 5.69 Å². The first-order chi connectivity index (χ1) is 10.2. The molecule has 0 aliphatic rings. The average Bonchev–Trinajstić information content (AvgIpc) is 3.03. The summed E-state index contributed by atoms with van der Waals surface area (Å²) in [6, 6.07) is 7.30. The van der Waals surface area contributed by atoms with Crippen LogP contribution in [0.2, 0.25) is 0 Å². The maximum absolute atomic E-state index is 5.74. The van der Waals surface area contributed by atoms with Gasteiger partial charge in [-0.25, -0.2) is 9.97 Å². The lowest BCUT2D eigenvalue weighted by Gasteiger charge is -2.01. The van der Waals surface area contributed by atoms with E-state index < -0.39 is 0 Å². The lowest BCUT2D eigenvalue weighted by atomic mass is 10.3. The fourth-order valence-corrected chi connectivity index (χ4v) is 2.92. The third-order valence-corrected chi connectivity index (χ3v) is 3.78. The summed E-state index contributed by atoms with van der Waals surface area (Å²) < 4.78 is 7.36. The monoisotopic (exact) mass is 298 g/mol. The van der Waals surface area contributed by atoms with Crippen molar-refractivity contribution < 1.29 is 4.42 Å². The van der Waals surface area contributed by atoms with E-state index in [-0.39, 0.29) is 0 Å². The fourth-order valence-electron chi connectivity index (χ4n) is 2.02. The van der Waals surface area contributed by atoms with Crippen molar-refractivity contribution in [3.63, 3.8) is 0 Å². The molecular formula is C13H10N6OS. The Morgan fingerprint density at radius 2 is 2.14 bits per heavy atom. The smallest absolute Gasteiger partial charge is 0.263 e. The third kappa shape index (κ3) is 2.09. The maximum atomic E-state index is 5.74. The van der Waals surface area contributed by atoms with Crippen molar-refractivity contribution in [3.05, 3.63) is 36.3 Å². The number of aromatic nitrogens is 5. The van der Waals surface area contributed by atoms with E-state index in [2.05, 4.69) is 20.1 Å². The number of oxazole rings is 1. The van der Waals surface area contributed by atoms with Gasteiger partial charge in [0.15, 0.2) is 5.58 Å². The molecule has 0 aliphatic carbocycles. The summed E-state index contributed by atoms with van der Waals surface area (Å²) >= 11 is 1.37. The maximum Gasteiger partial charge on any atom is 0.263 e. The van der Waals surface area contributed by atoms with Crippen LogP contribution in [0.1, 0.15) is 5.69 Å². The van der Waals surface area contributed by atoms with Crippen molar-refractivity contribution in [2.75, 3.05) is 5.73 Å². The molecule has 0 radical (unpaired) electrons. The Bertz CT molecular complexity index is 960. The van der Waals surface area contributed by atoms with Crippen molar-refractivity contribution in [1.29, 1.82) is 0 Å². The number of nitrogen functional groups attached to an aromatic ring is 1. The van der Waals surface area contributed by atoms with Gasteiger partial charge in [0.25, 0.3) is 11.0 Å². The molecule has 0 spiro atoms. The SMILES string of the molecule is Cc1cc(Sc2nc3ccc(N)cc3o2)n2ncnc2n1. The second-order valence-corrected chi connectivity index (χ2v) is 5.49. The van der Waals surface area contributed by atoms with Gasteiger partial charge >= 0.3 is 0 Å². The molecule has 1 aromatic carbocycles. The fraction of sp³-hybridized carbons (Fsp3) is 0.0769. The second kappa shape index (κ2) is 4.45. The van der Waals surface area contributed by atoms with Gasteiger partial charge in [0, 0.05) is 17.4 Å². The van der Waals surface area contributed by atoms with Crippen molar-refractivity contribution >= 4 is 34.3 Å². The summed E-state index contributed by atoms with van der Waals surface area (Å²) in [5.74, 6) is 0.554. The number of anilines is 1.